The summed E-state index contributed by atoms with van der Waals surface area (Å²) >= 11 is 0. The van der Waals surface area contributed by atoms with E-state index in [-0.39, 0.29) is 0 Å². The molecule has 1 aromatic carbocycles. The van der Waals surface area contributed by atoms with Crippen LogP contribution in [0.3, 0.4) is 0 Å². The fourth-order valence-corrected chi connectivity index (χ4v) is 3.17. The molecule has 1 aromatic rings. The summed E-state index contributed by atoms with van der Waals surface area (Å²) in [7, 11) is 0. The van der Waals surface area contributed by atoms with E-state index in [2.05, 4.69) is 13.8 Å². The van der Waals surface area contributed by atoms with Crippen molar-refractivity contribution in [3.05, 3.63) is 29.8 Å². The van der Waals surface area contributed by atoms with Crippen molar-refractivity contribution < 1.29 is 9.84 Å². The second kappa shape index (κ2) is 7.12. The van der Waals surface area contributed by atoms with Crippen molar-refractivity contribution in [3.8, 4) is 5.75 Å². The molecule has 2 rings (SSSR count). The Kier molecular flexibility index (Phi) is 5.47. The lowest BCUT2D eigenvalue weighted by Gasteiger charge is -2.27. The van der Waals surface area contributed by atoms with Crippen LogP contribution in [0.4, 0.5) is 0 Å². The van der Waals surface area contributed by atoms with Crippen LogP contribution in [0.25, 0.3) is 0 Å². The summed E-state index contributed by atoms with van der Waals surface area (Å²) in [6, 6.07) is 8.06. The van der Waals surface area contributed by atoms with Gasteiger partial charge in [-0.25, -0.2) is 0 Å². The summed E-state index contributed by atoms with van der Waals surface area (Å²) < 4.78 is 5.61. The van der Waals surface area contributed by atoms with Crippen molar-refractivity contribution in [3.63, 3.8) is 0 Å². The summed E-state index contributed by atoms with van der Waals surface area (Å²) in [5, 5.41) is 11.0. The van der Waals surface area contributed by atoms with Crippen molar-refractivity contribution in [2.75, 3.05) is 6.61 Å². The third-order valence-corrected chi connectivity index (χ3v) is 4.61. The molecule has 1 N–H and O–H groups in total. The lowest BCUT2D eigenvalue weighted by atomic mass is 9.86. The molecular weight excluding hydrogens is 248 g/mol. The van der Waals surface area contributed by atoms with E-state index in [0.717, 1.165) is 55.9 Å². The SMILES string of the molecule is CCCOc1ccc(C2(O)CCCC(CC)CC2)cc1. The first-order chi connectivity index (χ1) is 9.68. The number of hydrogen-bond acceptors (Lipinski definition) is 2. The summed E-state index contributed by atoms with van der Waals surface area (Å²) in [6.45, 7) is 5.11. The van der Waals surface area contributed by atoms with Crippen LogP contribution < -0.4 is 4.74 Å². The van der Waals surface area contributed by atoms with Crippen molar-refractivity contribution >= 4 is 0 Å². The van der Waals surface area contributed by atoms with Gasteiger partial charge in [-0.1, -0.05) is 38.8 Å². The Balaban J connectivity index is 2.05. The highest BCUT2D eigenvalue weighted by molar-refractivity contribution is 5.31. The van der Waals surface area contributed by atoms with Crippen LogP contribution in [0.1, 0.15) is 64.4 Å². The Bertz CT molecular complexity index is 398. The number of rotatable bonds is 5. The fourth-order valence-electron chi connectivity index (χ4n) is 3.17. The molecule has 2 atom stereocenters. The molecule has 112 valence electrons. The Labute approximate surface area is 123 Å². The summed E-state index contributed by atoms with van der Waals surface area (Å²) in [6.07, 6.45) is 7.56. The number of ether oxygens (including phenoxy) is 1. The van der Waals surface area contributed by atoms with Crippen LogP contribution in [0, 0.1) is 5.92 Å². The molecule has 0 spiro atoms. The molecule has 0 saturated heterocycles. The fraction of sp³-hybridized carbons (Fsp3) is 0.667. The first-order valence-electron chi connectivity index (χ1n) is 8.13. The molecule has 2 heteroatoms. The van der Waals surface area contributed by atoms with Crippen LogP contribution in [-0.4, -0.2) is 11.7 Å². The normalized spacial score (nSPS) is 27.1. The highest BCUT2D eigenvalue weighted by atomic mass is 16.5. The van der Waals surface area contributed by atoms with Crippen LogP contribution in [0.2, 0.25) is 0 Å². The van der Waals surface area contributed by atoms with Gasteiger partial charge in [-0.3, -0.25) is 0 Å². The molecule has 1 saturated carbocycles. The van der Waals surface area contributed by atoms with E-state index in [1.54, 1.807) is 0 Å². The first kappa shape index (κ1) is 15.4. The van der Waals surface area contributed by atoms with Gasteiger partial charge in [-0.15, -0.1) is 0 Å². The van der Waals surface area contributed by atoms with E-state index < -0.39 is 5.60 Å². The first-order valence-corrected chi connectivity index (χ1v) is 8.13. The molecule has 1 aliphatic rings. The van der Waals surface area contributed by atoms with Gasteiger partial charge >= 0.3 is 0 Å². The third-order valence-electron chi connectivity index (χ3n) is 4.61. The van der Waals surface area contributed by atoms with E-state index >= 15 is 0 Å². The molecule has 2 nitrogen and oxygen atoms in total. The number of benzene rings is 1. The van der Waals surface area contributed by atoms with Gasteiger partial charge in [0, 0.05) is 0 Å². The average Bonchev–Trinajstić information content (AvgIpc) is 2.68. The predicted octanol–water partition coefficient (Wildman–Crippen LogP) is 4.65. The Morgan fingerprint density at radius 2 is 1.90 bits per heavy atom. The largest absolute Gasteiger partial charge is 0.494 e. The summed E-state index contributed by atoms with van der Waals surface area (Å²) in [4.78, 5) is 0. The van der Waals surface area contributed by atoms with Gasteiger partial charge in [0.1, 0.15) is 5.75 Å². The molecule has 0 bridgehead atoms. The molecule has 0 heterocycles. The molecule has 0 aliphatic heterocycles. The average molecular weight is 276 g/mol. The second-order valence-corrected chi connectivity index (χ2v) is 6.11. The zero-order valence-corrected chi connectivity index (χ0v) is 12.9. The molecule has 1 fully saturated rings. The van der Waals surface area contributed by atoms with Crippen LogP contribution in [0.5, 0.6) is 5.75 Å². The van der Waals surface area contributed by atoms with Gasteiger partial charge in [0.2, 0.25) is 0 Å². The molecular formula is C18H28O2. The van der Waals surface area contributed by atoms with Gasteiger partial charge in [-0.2, -0.15) is 0 Å². The number of aliphatic hydroxyl groups is 1. The van der Waals surface area contributed by atoms with E-state index in [1.165, 1.54) is 12.8 Å². The molecule has 20 heavy (non-hydrogen) atoms. The summed E-state index contributed by atoms with van der Waals surface area (Å²) in [5.74, 6) is 1.69. The minimum Gasteiger partial charge on any atom is -0.494 e. The minimum absolute atomic E-state index is 0.632. The van der Waals surface area contributed by atoms with E-state index in [0.29, 0.717) is 0 Å². The van der Waals surface area contributed by atoms with Gasteiger partial charge in [0.05, 0.1) is 12.2 Å². The third kappa shape index (κ3) is 3.76. The Morgan fingerprint density at radius 3 is 2.55 bits per heavy atom. The minimum atomic E-state index is -0.632. The molecule has 1 aliphatic carbocycles. The highest BCUT2D eigenvalue weighted by Gasteiger charge is 2.32. The molecule has 2 unspecified atom stereocenters. The van der Waals surface area contributed by atoms with Gasteiger partial charge in [0.15, 0.2) is 0 Å². The molecule has 0 aromatic heterocycles. The lowest BCUT2D eigenvalue weighted by Crippen LogP contribution is -2.24. The molecule has 0 radical (unpaired) electrons. The van der Waals surface area contributed by atoms with E-state index in [1.807, 2.05) is 24.3 Å². The quantitative estimate of drug-likeness (QED) is 0.793. The number of hydrogen-bond donors (Lipinski definition) is 1. The van der Waals surface area contributed by atoms with E-state index in [9.17, 15) is 5.11 Å². The lowest BCUT2D eigenvalue weighted by molar-refractivity contribution is 0.0196. The monoisotopic (exact) mass is 276 g/mol. The van der Waals surface area contributed by atoms with Gasteiger partial charge < -0.3 is 9.84 Å². The van der Waals surface area contributed by atoms with Crippen molar-refractivity contribution in [2.45, 2.75) is 64.4 Å². The standard InChI is InChI=1S/C18H28O2/c1-3-14-20-17-9-7-16(8-10-17)18(19)12-5-6-15(4-2)11-13-18/h7-10,15,19H,3-6,11-14H2,1-2H3. The van der Waals surface area contributed by atoms with Gasteiger partial charge in [-0.05, 0) is 55.7 Å². The van der Waals surface area contributed by atoms with Gasteiger partial charge in [0.25, 0.3) is 0 Å². The second-order valence-electron chi connectivity index (χ2n) is 6.11. The maximum atomic E-state index is 11.0. The van der Waals surface area contributed by atoms with Crippen molar-refractivity contribution in [1.82, 2.24) is 0 Å². The summed E-state index contributed by atoms with van der Waals surface area (Å²) in [5.41, 5.74) is 0.422. The zero-order chi connectivity index (χ0) is 14.4. The smallest absolute Gasteiger partial charge is 0.119 e. The highest BCUT2D eigenvalue weighted by Crippen LogP contribution is 2.39. The van der Waals surface area contributed by atoms with E-state index in [4.69, 9.17) is 4.74 Å². The molecule has 0 amide bonds. The van der Waals surface area contributed by atoms with Crippen LogP contribution in [0.15, 0.2) is 24.3 Å². The maximum absolute atomic E-state index is 11.0. The maximum Gasteiger partial charge on any atom is 0.119 e. The Hall–Kier alpha value is -1.02. The van der Waals surface area contributed by atoms with Crippen LogP contribution in [-0.2, 0) is 5.60 Å². The predicted molar refractivity (Wildman–Crippen MR) is 83.0 cm³/mol. The van der Waals surface area contributed by atoms with Crippen molar-refractivity contribution in [1.29, 1.82) is 0 Å². The topological polar surface area (TPSA) is 29.5 Å². The van der Waals surface area contributed by atoms with Crippen molar-refractivity contribution in [2.24, 2.45) is 5.92 Å². The van der Waals surface area contributed by atoms with Crippen LogP contribution >= 0.6 is 0 Å². The Morgan fingerprint density at radius 1 is 1.15 bits per heavy atom. The zero-order valence-electron chi connectivity index (χ0n) is 12.9.